The summed E-state index contributed by atoms with van der Waals surface area (Å²) in [4.78, 5) is 14.3. The van der Waals surface area contributed by atoms with Gasteiger partial charge < -0.3 is 10.2 Å². The number of carbonyl (C=O) groups excluding carboxylic acids is 1. The van der Waals surface area contributed by atoms with E-state index in [4.69, 9.17) is 0 Å². The molecule has 2 aromatic rings. The number of hydrogen-bond donors (Lipinski definition) is 1. The second-order valence-electron chi connectivity index (χ2n) is 6.08. The molecule has 1 amide bonds. The molecule has 1 aliphatic heterocycles. The quantitative estimate of drug-likeness (QED) is 0.935. The van der Waals surface area contributed by atoms with Gasteiger partial charge in [-0.05, 0) is 55.3 Å². The molecule has 1 heterocycles. The molecule has 1 fully saturated rings. The Morgan fingerprint density at radius 1 is 1.12 bits per heavy atom. The summed E-state index contributed by atoms with van der Waals surface area (Å²) in [5.74, 6) is -1.17. The summed E-state index contributed by atoms with van der Waals surface area (Å²) in [5, 5.41) is 3.17. The van der Waals surface area contributed by atoms with Crippen LogP contribution < -0.4 is 5.32 Å². The second-order valence-corrected chi connectivity index (χ2v) is 6.08. The zero-order valence-corrected chi connectivity index (χ0v) is 13.6. The fourth-order valence-corrected chi connectivity index (χ4v) is 3.08. The number of hydrogen-bond acceptors (Lipinski definition) is 2. The first-order chi connectivity index (χ1) is 11.6. The number of likely N-dealkylation sites (N-methyl/N-ethyl adjacent to an activating group) is 1. The highest BCUT2D eigenvalue weighted by Crippen LogP contribution is 2.24. The molecular weight excluding hydrogens is 310 g/mol. The van der Waals surface area contributed by atoms with E-state index in [2.05, 4.69) is 5.32 Å². The van der Waals surface area contributed by atoms with E-state index in [1.54, 1.807) is 23.1 Å². The van der Waals surface area contributed by atoms with Crippen molar-refractivity contribution in [2.24, 2.45) is 0 Å². The van der Waals surface area contributed by atoms with Crippen molar-refractivity contribution in [3.8, 4) is 11.1 Å². The van der Waals surface area contributed by atoms with Gasteiger partial charge in [-0.1, -0.05) is 18.2 Å². The highest BCUT2D eigenvalue weighted by atomic mass is 19.1. The first kappa shape index (κ1) is 16.6. The molecule has 0 saturated carbocycles. The van der Waals surface area contributed by atoms with Crippen LogP contribution >= 0.6 is 0 Å². The van der Waals surface area contributed by atoms with E-state index in [0.29, 0.717) is 24.2 Å². The molecule has 0 aromatic heterocycles. The maximum atomic E-state index is 14.5. The van der Waals surface area contributed by atoms with Gasteiger partial charge in [-0.3, -0.25) is 4.79 Å². The largest absolute Gasteiger partial charge is 0.337 e. The Morgan fingerprint density at radius 2 is 1.83 bits per heavy atom. The number of nitrogens with zero attached hydrogens (tertiary/aromatic N) is 1. The molecule has 126 valence electrons. The fraction of sp³-hybridized carbons (Fsp3) is 0.316. The van der Waals surface area contributed by atoms with Crippen molar-refractivity contribution >= 4 is 5.91 Å². The van der Waals surface area contributed by atoms with Crippen LogP contribution in [0.5, 0.6) is 0 Å². The minimum atomic E-state index is -0.548. The van der Waals surface area contributed by atoms with E-state index in [9.17, 15) is 13.6 Å². The number of likely N-dealkylation sites (tertiary alicyclic amines) is 1. The molecule has 0 spiro atoms. The summed E-state index contributed by atoms with van der Waals surface area (Å²) in [6, 6.07) is 10.6. The molecule has 0 aliphatic carbocycles. The van der Waals surface area contributed by atoms with Gasteiger partial charge >= 0.3 is 0 Å². The van der Waals surface area contributed by atoms with Crippen molar-refractivity contribution in [3.05, 3.63) is 59.7 Å². The van der Waals surface area contributed by atoms with E-state index in [1.807, 2.05) is 7.05 Å². The molecule has 1 atom stereocenters. The minimum Gasteiger partial charge on any atom is -0.337 e. The lowest BCUT2D eigenvalue weighted by molar-refractivity contribution is 0.0693. The number of rotatable bonds is 3. The molecule has 3 rings (SSSR count). The van der Waals surface area contributed by atoms with Crippen molar-refractivity contribution in [1.29, 1.82) is 0 Å². The Labute approximate surface area is 140 Å². The van der Waals surface area contributed by atoms with Gasteiger partial charge in [0.2, 0.25) is 0 Å². The average molecular weight is 330 g/mol. The van der Waals surface area contributed by atoms with Crippen LogP contribution in [0.2, 0.25) is 0 Å². The Bertz CT molecular complexity index is 731. The molecule has 1 aliphatic rings. The van der Waals surface area contributed by atoms with Crippen LogP contribution in [-0.4, -0.2) is 37.0 Å². The smallest absolute Gasteiger partial charge is 0.256 e. The lowest BCUT2D eigenvalue weighted by atomic mass is 10.0. The Morgan fingerprint density at radius 3 is 2.50 bits per heavy atom. The van der Waals surface area contributed by atoms with Crippen LogP contribution in [0.1, 0.15) is 23.2 Å². The second kappa shape index (κ2) is 7.09. The molecule has 24 heavy (non-hydrogen) atoms. The van der Waals surface area contributed by atoms with Crippen molar-refractivity contribution in [1.82, 2.24) is 10.2 Å². The van der Waals surface area contributed by atoms with Gasteiger partial charge in [-0.25, -0.2) is 8.78 Å². The van der Waals surface area contributed by atoms with E-state index >= 15 is 0 Å². The van der Waals surface area contributed by atoms with Crippen molar-refractivity contribution in [2.45, 2.75) is 18.9 Å². The number of amides is 1. The molecule has 0 radical (unpaired) electrons. The number of halogens is 2. The number of benzene rings is 2. The predicted octanol–water partition coefficient (Wildman–Crippen LogP) is 3.46. The average Bonchev–Trinajstić information content (AvgIpc) is 2.62. The van der Waals surface area contributed by atoms with Crippen LogP contribution in [-0.2, 0) is 0 Å². The normalized spacial score (nSPS) is 17.8. The van der Waals surface area contributed by atoms with Crippen molar-refractivity contribution < 1.29 is 13.6 Å². The van der Waals surface area contributed by atoms with E-state index in [0.717, 1.165) is 12.8 Å². The summed E-state index contributed by atoms with van der Waals surface area (Å²) in [5.41, 5.74) is 1.41. The van der Waals surface area contributed by atoms with Gasteiger partial charge in [0, 0.05) is 19.1 Å². The summed E-state index contributed by atoms with van der Waals surface area (Å²) in [6.45, 7) is 1.24. The Kier molecular flexibility index (Phi) is 4.90. The van der Waals surface area contributed by atoms with Crippen LogP contribution in [0, 0.1) is 11.6 Å². The fourth-order valence-electron chi connectivity index (χ4n) is 3.08. The maximum absolute atomic E-state index is 14.5. The summed E-state index contributed by atoms with van der Waals surface area (Å²) < 4.78 is 27.5. The highest BCUT2D eigenvalue weighted by molar-refractivity contribution is 5.95. The standard InChI is InChI=1S/C19H20F2N2O/c1-22-16-3-2-10-23(12-16)19(24)17-9-6-14(11-18(17)21)13-4-7-15(20)8-5-13/h4-9,11,16,22H,2-3,10,12H2,1H3. The molecule has 1 N–H and O–H groups in total. The SMILES string of the molecule is CNC1CCCN(C(=O)c2ccc(-c3ccc(F)cc3)cc2F)C1. The molecular formula is C19H20F2N2O. The van der Waals surface area contributed by atoms with E-state index in [1.165, 1.54) is 24.3 Å². The number of piperidine rings is 1. The molecule has 5 heteroatoms. The van der Waals surface area contributed by atoms with E-state index in [-0.39, 0.29) is 23.3 Å². The summed E-state index contributed by atoms with van der Waals surface area (Å²) in [7, 11) is 1.87. The monoisotopic (exact) mass is 330 g/mol. The van der Waals surface area contributed by atoms with Crippen LogP contribution in [0.25, 0.3) is 11.1 Å². The molecule has 1 unspecified atom stereocenters. The van der Waals surface area contributed by atoms with Crippen LogP contribution in [0.4, 0.5) is 8.78 Å². The van der Waals surface area contributed by atoms with Gasteiger partial charge in [-0.2, -0.15) is 0 Å². The molecule has 3 nitrogen and oxygen atoms in total. The molecule has 2 aromatic carbocycles. The van der Waals surface area contributed by atoms with Gasteiger partial charge in [0.25, 0.3) is 5.91 Å². The Balaban J connectivity index is 1.81. The zero-order valence-electron chi connectivity index (χ0n) is 13.6. The van der Waals surface area contributed by atoms with Gasteiger partial charge in [0.15, 0.2) is 0 Å². The summed E-state index contributed by atoms with van der Waals surface area (Å²) >= 11 is 0. The number of carbonyl (C=O) groups is 1. The first-order valence-electron chi connectivity index (χ1n) is 8.10. The lowest BCUT2D eigenvalue weighted by Crippen LogP contribution is -2.47. The number of nitrogens with one attached hydrogen (secondary N) is 1. The molecule has 0 bridgehead atoms. The summed E-state index contributed by atoms with van der Waals surface area (Å²) in [6.07, 6.45) is 1.93. The van der Waals surface area contributed by atoms with E-state index < -0.39 is 5.82 Å². The van der Waals surface area contributed by atoms with Crippen molar-refractivity contribution in [3.63, 3.8) is 0 Å². The van der Waals surface area contributed by atoms with Gasteiger partial charge in [-0.15, -0.1) is 0 Å². The van der Waals surface area contributed by atoms with Crippen LogP contribution in [0.3, 0.4) is 0 Å². The third kappa shape index (κ3) is 3.46. The zero-order chi connectivity index (χ0) is 17.1. The maximum Gasteiger partial charge on any atom is 0.256 e. The third-order valence-electron chi connectivity index (χ3n) is 4.49. The van der Waals surface area contributed by atoms with Crippen molar-refractivity contribution in [2.75, 3.05) is 20.1 Å². The third-order valence-corrected chi connectivity index (χ3v) is 4.49. The lowest BCUT2D eigenvalue weighted by Gasteiger charge is -2.32. The first-order valence-corrected chi connectivity index (χ1v) is 8.10. The van der Waals surface area contributed by atoms with Crippen LogP contribution in [0.15, 0.2) is 42.5 Å². The van der Waals surface area contributed by atoms with Gasteiger partial charge in [0.1, 0.15) is 11.6 Å². The topological polar surface area (TPSA) is 32.3 Å². The highest BCUT2D eigenvalue weighted by Gasteiger charge is 2.25. The Hall–Kier alpha value is -2.27. The predicted molar refractivity (Wildman–Crippen MR) is 89.8 cm³/mol. The molecule has 1 saturated heterocycles. The van der Waals surface area contributed by atoms with Gasteiger partial charge in [0.05, 0.1) is 5.56 Å². The minimum absolute atomic E-state index is 0.0811.